The third kappa shape index (κ3) is 10.4. The number of carbonyl (C=O) groups excluding carboxylic acids is 3. The van der Waals surface area contributed by atoms with E-state index in [9.17, 15) is 24.6 Å². The first-order valence-electron chi connectivity index (χ1n) is 24.8. The van der Waals surface area contributed by atoms with Crippen molar-refractivity contribution < 1.29 is 38.8 Å². The van der Waals surface area contributed by atoms with Gasteiger partial charge in [0.25, 0.3) is 5.60 Å². The maximum Gasteiger partial charge on any atom is 0.351 e. The van der Waals surface area contributed by atoms with Crippen molar-refractivity contribution in [1.82, 2.24) is 5.32 Å². The van der Waals surface area contributed by atoms with E-state index < -0.39 is 23.3 Å². The van der Waals surface area contributed by atoms with Gasteiger partial charge in [-0.15, -0.1) is 0 Å². The van der Waals surface area contributed by atoms with Crippen molar-refractivity contribution in [1.29, 1.82) is 0 Å². The van der Waals surface area contributed by atoms with Crippen LogP contribution in [0.4, 0.5) is 0 Å². The number of nitrogens with zero attached hydrogens (tertiary/aromatic N) is 3. The normalized spacial score (nSPS) is 23.9. The van der Waals surface area contributed by atoms with Crippen molar-refractivity contribution in [3.63, 3.8) is 0 Å². The van der Waals surface area contributed by atoms with Gasteiger partial charge in [-0.05, 0) is 99.2 Å². The molecule has 1 saturated carbocycles. The Morgan fingerprint density at radius 3 is 2.22 bits per heavy atom. The molecule has 0 unspecified atom stereocenters. The number of esters is 2. The highest BCUT2D eigenvalue weighted by molar-refractivity contribution is 6.46. The molecule has 3 N–H and O–H groups in total. The van der Waals surface area contributed by atoms with Gasteiger partial charge in [0.05, 0.1) is 48.9 Å². The van der Waals surface area contributed by atoms with Gasteiger partial charge in [0.2, 0.25) is 5.78 Å². The number of nitrogens with one attached hydrogen (secondary N) is 1. The van der Waals surface area contributed by atoms with Crippen molar-refractivity contribution in [2.45, 2.75) is 145 Å². The van der Waals surface area contributed by atoms with Crippen LogP contribution in [0.15, 0.2) is 131 Å². The van der Waals surface area contributed by atoms with E-state index in [4.69, 9.17) is 29.2 Å². The SMILES string of the molecule is C=CC1=C(C)C2=NC1=CC1=NC(=C(CC)/C1=C\O)C(OC)=C1N=C3C(=C1C)C(=O)[C@](O)(C(=O)OC)C3=C1NC(=C2)[C@@H](C)[C@@H]1CCC(=O)OC/C=C(\C)CCC[C@H](C)CCC[C@H](C)CCCC(C)C. The van der Waals surface area contributed by atoms with E-state index in [0.717, 1.165) is 49.2 Å². The largest absolute Gasteiger partial charge is 0.515 e. The lowest BCUT2D eigenvalue weighted by atomic mass is 9.83. The zero-order valence-electron chi connectivity index (χ0n) is 42.4. The second-order valence-corrected chi connectivity index (χ2v) is 19.9. The van der Waals surface area contributed by atoms with Crippen LogP contribution in [0.3, 0.4) is 0 Å². The fourth-order valence-corrected chi connectivity index (χ4v) is 10.5. The van der Waals surface area contributed by atoms with Gasteiger partial charge in [0.15, 0.2) is 5.76 Å². The van der Waals surface area contributed by atoms with Gasteiger partial charge in [0.1, 0.15) is 18.0 Å². The Hall–Kier alpha value is -5.62. The number of fused-ring (bicyclic) bond motifs is 5. The van der Waals surface area contributed by atoms with Gasteiger partial charge in [-0.3, -0.25) is 9.59 Å². The second-order valence-electron chi connectivity index (χ2n) is 19.9. The summed E-state index contributed by atoms with van der Waals surface area (Å²) in [5, 5.41) is 26.5. The highest BCUT2D eigenvalue weighted by atomic mass is 16.5. The molecule has 366 valence electrons. The Bertz CT molecular complexity index is 2480. The van der Waals surface area contributed by atoms with Crippen molar-refractivity contribution >= 4 is 34.9 Å². The monoisotopic (exact) mass is 931 g/mol. The van der Waals surface area contributed by atoms with Crippen LogP contribution in [0.25, 0.3) is 0 Å². The molecule has 12 heteroatoms. The fraction of sp³-hybridized carbons (Fsp3) is 0.536. The molecule has 5 aliphatic heterocycles. The highest BCUT2D eigenvalue weighted by Crippen LogP contribution is 2.50. The molecular formula is C56H74N4O8. The molecule has 0 aromatic carbocycles. The molecule has 5 atom stereocenters. The first-order chi connectivity index (χ1) is 32.4. The fourth-order valence-electron chi connectivity index (χ4n) is 10.5. The maximum atomic E-state index is 14.6. The Labute approximate surface area is 404 Å². The molecule has 12 nitrogen and oxygen atoms in total. The molecule has 0 aromatic heterocycles. The van der Waals surface area contributed by atoms with Gasteiger partial charge in [-0.25, -0.2) is 19.8 Å². The van der Waals surface area contributed by atoms with Crippen molar-refractivity contribution in [2.24, 2.45) is 44.6 Å². The molecule has 0 radical (unpaired) electrons. The van der Waals surface area contributed by atoms with Crippen LogP contribution in [-0.4, -0.2) is 71.5 Å². The van der Waals surface area contributed by atoms with E-state index in [-0.39, 0.29) is 59.6 Å². The number of hydrogen-bond acceptors (Lipinski definition) is 12. The topological polar surface area (TPSA) is 168 Å². The summed E-state index contributed by atoms with van der Waals surface area (Å²) in [6.07, 6.45) is 20.2. The summed E-state index contributed by atoms with van der Waals surface area (Å²) in [5.74, 6) is -0.756. The van der Waals surface area contributed by atoms with E-state index in [1.54, 1.807) is 19.1 Å². The minimum atomic E-state index is -2.75. The van der Waals surface area contributed by atoms with Crippen LogP contribution >= 0.6 is 0 Å². The molecule has 1 aliphatic carbocycles. The number of Topliss-reactive ketones (excluding diaryl/α,β-unsaturated/α-hetero) is 1. The number of allylic oxidation sites excluding steroid dienone is 10. The van der Waals surface area contributed by atoms with Gasteiger partial charge < -0.3 is 29.7 Å². The third-order valence-electron chi connectivity index (χ3n) is 14.6. The molecule has 2 fully saturated rings. The van der Waals surface area contributed by atoms with Crippen LogP contribution < -0.4 is 5.32 Å². The van der Waals surface area contributed by atoms with Crippen molar-refractivity contribution in [3.05, 3.63) is 116 Å². The number of ketones is 1. The van der Waals surface area contributed by atoms with Gasteiger partial charge in [-0.1, -0.05) is 105 Å². The van der Waals surface area contributed by atoms with E-state index in [1.165, 1.54) is 57.6 Å². The molecule has 0 aromatic rings. The first-order valence-corrected chi connectivity index (χ1v) is 24.8. The van der Waals surface area contributed by atoms with Crippen LogP contribution in [0.1, 0.15) is 139 Å². The molecular weight excluding hydrogens is 857 g/mol. The third-order valence-corrected chi connectivity index (χ3v) is 14.6. The second kappa shape index (κ2) is 22.2. The molecule has 1 saturated heterocycles. The zero-order chi connectivity index (χ0) is 49.6. The number of hydrogen-bond donors (Lipinski definition) is 3. The smallest absolute Gasteiger partial charge is 0.351 e. The number of aliphatic hydroxyl groups excluding tert-OH is 1. The van der Waals surface area contributed by atoms with Gasteiger partial charge in [0, 0.05) is 46.4 Å². The summed E-state index contributed by atoms with van der Waals surface area (Å²) in [5.41, 5.74) is 5.11. The van der Waals surface area contributed by atoms with Crippen LogP contribution in [0, 0.1) is 29.6 Å². The Morgan fingerprint density at radius 1 is 0.926 bits per heavy atom. The van der Waals surface area contributed by atoms with Crippen LogP contribution in [0.2, 0.25) is 0 Å². The quantitative estimate of drug-likeness (QED) is 0.0439. The van der Waals surface area contributed by atoms with Gasteiger partial charge in [-0.2, -0.15) is 0 Å². The molecule has 0 amide bonds. The molecule has 5 heterocycles. The Morgan fingerprint density at radius 2 is 1.60 bits per heavy atom. The van der Waals surface area contributed by atoms with Crippen molar-refractivity contribution in [3.8, 4) is 0 Å². The summed E-state index contributed by atoms with van der Waals surface area (Å²) in [6.45, 7) is 23.2. The average molecular weight is 931 g/mol. The number of aliphatic imine (C=N–C) groups is 3. The average Bonchev–Trinajstić information content (AvgIpc) is 4.05. The maximum absolute atomic E-state index is 14.6. The predicted molar refractivity (Wildman–Crippen MR) is 270 cm³/mol. The summed E-state index contributed by atoms with van der Waals surface area (Å²) in [7, 11) is 2.60. The lowest BCUT2D eigenvalue weighted by Crippen LogP contribution is -2.47. The zero-order valence-corrected chi connectivity index (χ0v) is 42.4. The van der Waals surface area contributed by atoms with Crippen LogP contribution in [0.5, 0.6) is 0 Å². The Kier molecular flexibility index (Phi) is 16.9. The van der Waals surface area contributed by atoms with Crippen LogP contribution in [-0.2, 0) is 28.6 Å². The molecule has 6 rings (SSSR count). The highest BCUT2D eigenvalue weighted by Gasteiger charge is 2.62. The predicted octanol–water partition coefficient (Wildman–Crippen LogP) is 11.2. The number of ether oxygens (including phenoxy) is 3. The molecule has 8 bridgehead atoms. The first kappa shape index (κ1) is 51.8. The number of methoxy groups -OCH3 is 2. The lowest BCUT2D eigenvalue weighted by Gasteiger charge is -2.24. The minimum absolute atomic E-state index is 0.0292. The van der Waals surface area contributed by atoms with E-state index in [0.29, 0.717) is 63.3 Å². The summed E-state index contributed by atoms with van der Waals surface area (Å²) in [4.78, 5) is 56.9. The summed E-state index contributed by atoms with van der Waals surface area (Å²) < 4.78 is 16.9. The number of carbonyl (C=O) groups is 3. The molecule has 6 aliphatic rings. The molecule has 68 heavy (non-hydrogen) atoms. The minimum Gasteiger partial charge on any atom is -0.515 e. The molecule has 0 spiro atoms. The summed E-state index contributed by atoms with van der Waals surface area (Å²) >= 11 is 0. The lowest BCUT2D eigenvalue weighted by molar-refractivity contribution is -0.161. The standard InChI is InChI=1S/C56H74N4O8/c1-13-38-35(8)42-28-43-36(9)40(24-25-46(62)68-27-26-34(7)23-17-22-33(6)21-16-20-32(5)19-15-18-31(3)4)50(58-43)48-52-47(54(63)56(48,65)55(64)67-12)37(10)49(60-52)53(66-11)51-39(14-2)41(30-61)45(59-51)29-44(38)57-42/h13,26,28-33,36,40,58,61,65H,1,14-25,27H2,2-12H3/b34-26+,41-30+,43-28?,44-29?,50-48?,53-49?/t32-,33-,36+,40+,56+/m1/s1. The van der Waals surface area contributed by atoms with Gasteiger partial charge >= 0.3 is 11.9 Å². The number of rotatable bonds is 21. The number of aliphatic hydroxyl groups is 2. The van der Waals surface area contributed by atoms with E-state index in [1.807, 2.05) is 32.9 Å². The summed E-state index contributed by atoms with van der Waals surface area (Å²) in [6, 6.07) is 0. The van der Waals surface area contributed by atoms with Crippen molar-refractivity contribution in [2.75, 3.05) is 20.8 Å². The van der Waals surface area contributed by atoms with E-state index in [2.05, 4.69) is 46.5 Å². The van der Waals surface area contributed by atoms with E-state index >= 15 is 0 Å². The Balaban J connectivity index is 1.27.